The zero-order valence-corrected chi connectivity index (χ0v) is 18.4. The molecule has 0 aromatic heterocycles. The quantitative estimate of drug-likeness (QED) is 0.473. The van der Waals surface area contributed by atoms with Gasteiger partial charge in [-0.2, -0.15) is 4.31 Å². The fraction of sp³-hybridized carbons (Fsp3) is 0.391. The van der Waals surface area contributed by atoms with Crippen molar-refractivity contribution in [1.82, 2.24) is 4.31 Å². The van der Waals surface area contributed by atoms with E-state index < -0.39 is 22.1 Å². The van der Waals surface area contributed by atoms with E-state index in [1.807, 2.05) is 12.1 Å². The van der Waals surface area contributed by atoms with E-state index in [9.17, 15) is 18.0 Å². The molecule has 0 fully saturated rings. The van der Waals surface area contributed by atoms with Gasteiger partial charge in [0.15, 0.2) is 6.10 Å². The van der Waals surface area contributed by atoms with E-state index in [0.717, 1.165) is 19.3 Å². The average Bonchev–Trinajstić information content (AvgIpc) is 3.21. The molecule has 0 saturated carbocycles. The number of ketones is 1. The maximum absolute atomic E-state index is 12.7. The molecule has 1 atom stereocenters. The summed E-state index contributed by atoms with van der Waals surface area (Å²) in [6.07, 6.45) is 2.10. The second kappa shape index (κ2) is 9.10. The van der Waals surface area contributed by atoms with Gasteiger partial charge in [-0.15, -0.1) is 0 Å². The molecule has 0 saturated heterocycles. The summed E-state index contributed by atoms with van der Waals surface area (Å²) < 4.78 is 32.1. The summed E-state index contributed by atoms with van der Waals surface area (Å²) in [6, 6.07) is 11.3. The number of esters is 1. The molecule has 0 aliphatic heterocycles. The lowest BCUT2D eigenvalue weighted by Crippen LogP contribution is -2.30. The van der Waals surface area contributed by atoms with Crippen LogP contribution in [0.3, 0.4) is 0 Å². The van der Waals surface area contributed by atoms with Crippen LogP contribution in [0.2, 0.25) is 0 Å². The van der Waals surface area contributed by atoms with Crippen LogP contribution >= 0.6 is 0 Å². The number of carbonyl (C=O) groups is 2. The van der Waals surface area contributed by atoms with Crippen molar-refractivity contribution < 1.29 is 22.7 Å². The van der Waals surface area contributed by atoms with Crippen molar-refractivity contribution in [3.05, 3.63) is 64.7 Å². The smallest absolute Gasteiger partial charge is 0.338 e. The van der Waals surface area contributed by atoms with Crippen LogP contribution < -0.4 is 0 Å². The van der Waals surface area contributed by atoms with Crippen LogP contribution in [0.5, 0.6) is 0 Å². The van der Waals surface area contributed by atoms with E-state index in [2.05, 4.69) is 0 Å². The largest absolute Gasteiger partial charge is 0.451 e. The van der Waals surface area contributed by atoms with E-state index in [1.165, 1.54) is 46.6 Å². The third kappa shape index (κ3) is 4.47. The number of hydrogen-bond acceptors (Lipinski definition) is 5. The first kappa shape index (κ1) is 22.2. The zero-order chi connectivity index (χ0) is 21.9. The van der Waals surface area contributed by atoms with Crippen LogP contribution in [0.1, 0.15) is 59.0 Å². The molecular weight excluding hydrogens is 402 g/mol. The number of fused-ring (bicyclic) bond motifs is 1. The molecule has 0 N–H and O–H groups in total. The third-order valence-electron chi connectivity index (χ3n) is 5.45. The number of rotatable bonds is 8. The van der Waals surface area contributed by atoms with E-state index in [-0.39, 0.29) is 16.2 Å². The van der Waals surface area contributed by atoms with Gasteiger partial charge in [-0.1, -0.05) is 32.0 Å². The van der Waals surface area contributed by atoms with Gasteiger partial charge < -0.3 is 4.74 Å². The molecule has 6 nitrogen and oxygen atoms in total. The Hall–Kier alpha value is -2.51. The van der Waals surface area contributed by atoms with Crippen LogP contribution in [-0.4, -0.2) is 43.7 Å². The highest BCUT2D eigenvalue weighted by molar-refractivity contribution is 7.89. The van der Waals surface area contributed by atoms with Crippen molar-refractivity contribution >= 4 is 21.8 Å². The number of carbonyl (C=O) groups excluding carboxylic acids is 2. The predicted molar refractivity (Wildman–Crippen MR) is 114 cm³/mol. The van der Waals surface area contributed by atoms with Gasteiger partial charge in [0.1, 0.15) is 0 Å². The Labute approximate surface area is 177 Å². The van der Waals surface area contributed by atoms with E-state index >= 15 is 0 Å². The lowest BCUT2D eigenvalue weighted by Gasteiger charge is -2.19. The van der Waals surface area contributed by atoms with Gasteiger partial charge in [-0.05, 0) is 61.6 Å². The van der Waals surface area contributed by atoms with Crippen molar-refractivity contribution in [2.24, 2.45) is 0 Å². The van der Waals surface area contributed by atoms with E-state index in [1.54, 1.807) is 19.9 Å². The van der Waals surface area contributed by atoms with Crippen LogP contribution in [0, 0.1) is 0 Å². The number of nitrogens with zero attached hydrogens (tertiary/aromatic N) is 1. The van der Waals surface area contributed by atoms with Gasteiger partial charge in [0, 0.05) is 18.7 Å². The topological polar surface area (TPSA) is 80.8 Å². The molecule has 0 bridgehead atoms. The molecule has 3 rings (SSSR count). The highest BCUT2D eigenvalue weighted by Gasteiger charge is 2.25. The molecule has 30 heavy (non-hydrogen) atoms. The maximum atomic E-state index is 12.7. The molecule has 0 radical (unpaired) electrons. The normalized spacial score (nSPS) is 14.4. The molecule has 7 heteroatoms. The summed E-state index contributed by atoms with van der Waals surface area (Å²) in [5.41, 5.74) is 3.06. The highest BCUT2D eigenvalue weighted by Crippen LogP contribution is 2.24. The van der Waals surface area contributed by atoms with Crippen molar-refractivity contribution in [2.75, 3.05) is 13.1 Å². The summed E-state index contributed by atoms with van der Waals surface area (Å²) in [4.78, 5) is 25.3. The molecular formula is C23H27NO5S. The van der Waals surface area contributed by atoms with Gasteiger partial charge in [0.25, 0.3) is 0 Å². The Morgan fingerprint density at radius 2 is 1.70 bits per heavy atom. The van der Waals surface area contributed by atoms with Gasteiger partial charge in [-0.3, -0.25) is 4.79 Å². The summed E-state index contributed by atoms with van der Waals surface area (Å²) in [5, 5.41) is 0. The lowest BCUT2D eigenvalue weighted by molar-refractivity contribution is 0.0318. The molecule has 2 aromatic rings. The summed E-state index contributed by atoms with van der Waals surface area (Å²) in [6.45, 7) is 5.71. The Kier molecular flexibility index (Phi) is 6.73. The minimum absolute atomic E-state index is 0.0262. The first-order valence-corrected chi connectivity index (χ1v) is 11.7. The van der Waals surface area contributed by atoms with Crippen LogP contribution in [0.15, 0.2) is 47.4 Å². The van der Waals surface area contributed by atoms with Gasteiger partial charge in [-0.25, -0.2) is 13.2 Å². The Bertz CT molecular complexity index is 1060. The first-order valence-electron chi connectivity index (χ1n) is 10.2. The van der Waals surface area contributed by atoms with Crippen LogP contribution in [-0.2, 0) is 27.6 Å². The Balaban J connectivity index is 1.75. The number of benzene rings is 2. The number of ether oxygens (including phenoxy) is 1. The zero-order valence-electron chi connectivity index (χ0n) is 17.6. The summed E-state index contributed by atoms with van der Waals surface area (Å²) in [5.74, 6) is -1.00. The molecule has 160 valence electrons. The van der Waals surface area contributed by atoms with Crippen molar-refractivity contribution in [1.29, 1.82) is 0 Å². The number of hydrogen-bond donors (Lipinski definition) is 0. The third-order valence-corrected chi connectivity index (χ3v) is 7.49. The molecule has 2 aromatic carbocycles. The Morgan fingerprint density at radius 1 is 1.00 bits per heavy atom. The summed E-state index contributed by atoms with van der Waals surface area (Å²) >= 11 is 0. The Morgan fingerprint density at radius 3 is 2.40 bits per heavy atom. The molecule has 1 unspecified atom stereocenters. The van der Waals surface area contributed by atoms with E-state index in [4.69, 9.17) is 4.74 Å². The second-order valence-electron chi connectivity index (χ2n) is 7.37. The highest BCUT2D eigenvalue weighted by atomic mass is 32.2. The summed E-state index contributed by atoms with van der Waals surface area (Å²) in [7, 11) is -3.69. The van der Waals surface area contributed by atoms with Crippen molar-refractivity contribution in [2.45, 2.75) is 51.0 Å². The second-order valence-corrected chi connectivity index (χ2v) is 9.30. The van der Waals surface area contributed by atoms with Crippen molar-refractivity contribution in [3.8, 4) is 0 Å². The average molecular weight is 430 g/mol. The molecule has 0 spiro atoms. The minimum Gasteiger partial charge on any atom is -0.451 e. The fourth-order valence-electron chi connectivity index (χ4n) is 3.74. The molecule has 0 heterocycles. The minimum atomic E-state index is -3.69. The number of sulfonamides is 1. The monoisotopic (exact) mass is 429 g/mol. The van der Waals surface area contributed by atoms with Crippen LogP contribution in [0.4, 0.5) is 0 Å². The van der Waals surface area contributed by atoms with Gasteiger partial charge >= 0.3 is 5.97 Å². The standard InChI is InChI=1S/C23H27NO5S/c1-4-24(5-2)30(27,28)21-11-7-10-20(15-21)23(26)29-16(3)22(25)19-13-12-17-8-6-9-18(17)14-19/h7,10-16H,4-6,8-9H2,1-3H3. The number of aryl methyl sites for hydroxylation is 2. The number of Topliss-reactive ketones (excluding diaryl/α,β-unsaturated/α-hetero) is 1. The molecule has 1 aliphatic carbocycles. The van der Waals surface area contributed by atoms with E-state index in [0.29, 0.717) is 18.7 Å². The van der Waals surface area contributed by atoms with Gasteiger partial charge in [0.05, 0.1) is 10.5 Å². The molecule has 1 aliphatic rings. The fourth-order valence-corrected chi connectivity index (χ4v) is 5.24. The maximum Gasteiger partial charge on any atom is 0.338 e. The lowest BCUT2D eigenvalue weighted by atomic mass is 10.0. The van der Waals surface area contributed by atoms with Gasteiger partial charge in [0.2, 0.25) is 15.8 Å². The SMILES string of the molecule is CCN(CC)S(=O)(=O)c1cccc(C(=O)OC(C)C(=O)c2ccc3c(c2)CCC3)c1. The van der Waals surface area contributed by atoms with Crippen LogP contribution in [0.25, 0.3) is 0 Å². The first-order chi connectivity index (χ1) is 14.3. The predicted octanol–water partition coefficient (Wildman–Crippen LogP) is 3.63. The van der Waals surface area contributed by atoms with Crippen molar-refractivity contribution in [3.63, 3.8) is 0 Å². The molecule has 0 amide bonds.